The van der Waals surface area contributed by atoms with E-state index in [0.717, 1.165) is 30.3 Å². The fourth-order valence-electron chi connectivity index (χ4n) is 2.61. The molecule has 0 saturated heterocycles. The van der Waals surface area contributed by atoms with Crippen LogP contribution < -0.4 is 10.2 Å². The van der Waals surface area contributed by atoms with Crippen molar-refractivity contribution in [1.29, 1.82) is 0 Å². The van der Waals surface area contributed by atoms with Crippen molar-refractivity contribution in [3.63, 3.8) is 0 Å². The number of hydrogen-bond acceptors (Lipinski definition) is 5. The van der Waals surface area contributed by atoms with Crippen molar-refractivity contribution in [2.75, 3.05) is 18.0 Å². The maximum absolute atomic E-state index is 12.1. The van der Waals surface area contributed by atoms with Crippen molar-refractivity contribution >= 4 is 22.6 Å². The lowest BCUT2D eigenvalue weighted by atomic mass is 10.1. The second-order valence-corrected chi connectivity index (χ2v) is 7.85. The van der Waals surface area contributed by atoms with E-state index in [9.17, 15) is 4.79 Å². The van der Waals surface area contributed by atoms with E-state index in [1.165, 1.54) is 17.1 Å². The van der Waals surface area contributed by atoms with Crippen molar-refractivity contribution in [1.82, 2.24) is 14.7 Å². The Balaban J connectivity index is 1.99. The molecule has 0 aliphatic carbocycles. The lowest BCUT2D eigenvalue weighted by Gasteiger charge is -2.23. The zero-order valence-electron chi connectivity index (χ0n) is 16.2. The van der Waals surface area contributed by atoms with Crippen LogP contribution in [0.25, 0.3) is 0 Å². The summed E-state index contributed by atoms with van der Waals surface area (Å²) in [5.74, 6) is 1.44. The van der Waals surface area contributed by atoms with Gasteiger partial charge in [0.05, 0.1) is 0 Å². The minimum atomic E-state index is 0.0992. The number of nitrogens with zero attached hydrogens (tertiary/aromatic N) is 3. The molecule has 0 aliphatic rings. The Bertz CT molecular complexity index is 671. The Kier molecular flexibility index (Phi) is 8.04. The molecule has 0 radical (unpaired) electrons. The number of hydrogen-bond donors (Lipinski definition) is 1. The highest BCUT2D eigenvalue weighted by molar-refractivity contribution is 7.09. The molecule has 0 bridgehead atoms. The smallest absolute Gasteiger partial charge is 0.221 e. The SMILES string of the molecule is CC[C@H](C)NC(=O)CCN(CC(C)C)c1nc(Cc2ccccc2)ns1. The van der Waals surface area contributed by atoms with Gasteiger partial charge in [-0.3, -0.25) is 4.79 Å². The Hall–Kier alpha value is -1.95. The number of aromatic nitrogens is 2. The van der Waals surface area contributed by atoms with Crippen molar-refractivity contribution < 1.29 is 4.79 Å². The molecule has 0 aliphatic heterocycles. The van der Waals surface area contributed by atoms with Gasteiger partial charge in [-0.25, -0.2) is 4.98 Å². The molecule has 2 aromatic rings. The van der Waals surface area contributed by atoms with Gasteiger partial charge in [0.2, 0.25) is 11.0 Å². The van der Waals surface area contributed by atoms with E-state index in [1.807, 2.05) is 25.1 Å². The number of amides is 1. The number of nitrogens with one attached hydrogen (secondary N) is 1. The van der Waals surface area contributed by atoms with Crippen LogP contribution in [0.3, 0.4) is 0 Å². The zero-order chi connectivity index (χ0) is 18.9. The van der Waals surface area contributed by atoms with Gasteiger partial charge in [-0.1, -0.05) is 51.1 Å². The molecule has 0 fully saturated rings. The maximum Gasteiger partial charge on any atom is 0.221 e. The fraction of sp³-hybridized carbons (Fsp3) is 0.550. The average Bonchev–Trinajstić information content (AvgIpc) is 3.07. The second-order valence-electron chi connectivity index (χ2n) is 7.12. The molecule has 0 spiro atoms. The maximum atomic E-state index is 12.1. The first-order valence-electron chi connectivity index (χ1n) is 9.38. The molecular formula is C20H30N4OS. The van der Waals surface area contributed by atoms with Crippen molar-refractivity contribution in [2.24, 2.45) is 5.92 Å². The van der Waals surface area contributed by atoms with E-state index in [0.29, 0.717) is 18.9 Å². The monoisotopic (exact) mass is 374 g/mol. The first-order valence-corrected chi connectivity index (χ1v) is 10.2. The molecule has 26 heavy (non-hydrogen) atoms. The van der Waals surface area contributed by atoms with Gasteiger partial charge >= 0.3 is 0 Å². The van der Waals surface area contributed by atoms with Gasteiger partial charge < -0.3 is 10.2 Å². The number of benzene rings is 1. The largest absolute Gasteiger partial charge is 0.354 e. The topological polar surface area (TPSA) is 58.1 Å². The van der Waals surface area contributed by atoms with Crippen LogP contribution >= 0.6 is 11.5 Å². The van der Waals surface area contributed by atoms with E-state index in [-0.39, 0.29) is 11.9 Å². The number of carbonyl (C=O) groups excluding carboxylic acids is 1. The van der Waals surface area contributed by atoms with Crippen LogP contribution in [-0.2, 0) is 11.2 Å². The number of rotatable bonds is 10. The minimum absolute atomic E-state index is 0.0992. The zero-order valence-corrected chi connectivity index (χ0v) is 17.1. The lowest BCUT2D eigenvalue weighted by Crippen LogP contribution is -2.36. The third-order valence-electron chi connectivity index (χ3n) is 4.15. The highest BCUT2D eigenvalue weighted by Crippen LogP contribution is 2.20. The molecule has 1 aromatic heterocycles. The predicted molar refractivity (Wildman–Crippen MR) is 109 cm³/mol. The van der Waals surface area contributed by atoms with Gasteiger partial charge in [0.25, 0.3) is 0 Å². The molecule has 1 atom stereocenters. The number of anilines is 1. The predicted octanol–water partition coefficient (Wildman–Crippen LogP) is 3.90. The van der Waals surface area contributed by atoms with Gasteiger partial charge in [-0.05, 0) is 24.8 Å². The summed E-state index contributed by atoms with van der Waals surface area (Å²) < 4.78 is 4.52. The molecule has 6 heteroatoms. The van der Waals surface area contributed by atoms with Gasteiger partial charge in [-0.2, -0.15) is 4.37 Å². The van der Waals surface area contributed by atoms with Crippen molar-refractivity contribution in [3.8, 4) is 0 Å². The first-order chi connectivity index (χ1) is 12.5. The van der Waals surface area contributed by atoms with Crippen LogP contribution in [0, 0.1) is 5.92 Å². The van der Waals surface area contributed by atoms with Crippen LogP contribution in [-0.4, -0.2) is 34.4 Å². The molecule has 0 saturated carbocycles. The third kappa shape index (κ3) is 6.75. The van der Waals surface area contributed by atoms with Gasteiger partial charge in [-0.15, -0.1) is 0 Å². The molecule has 1 heterocycles. The van der Waals surface area contributed by atoms with Crippen LogP contribution in [0.15, 0.2) is 30.3 Å². The summed E-state index contributed by atoms with van der Waals surface area (Å²) in [6.07, 6.45) is 2.16. The average molecular weight is 375 g/mol. The minimum Gasteiger partial charge on any atom is -0.354 e. The van der Waals surface area contributed by atoms with E-state index >= 15 is 0 Å². The normalized spacial score (nSPS) is 12.2. The summed E-state index contributed by atoms with van der Waals surface area (Å²) in [5.41, 5.74) is 1.21. The summed E-state index contributed by atoms with van der Waals surface area (Å²) in [6.45, 7) is 10.0. The lowest BCUT2D eigenvalue weighted by molar-refractivity contribution is -0.121. The molecule has 1 N–H and O–H groups in total. The van der Waals surface area contributed by atoms with Crippen LogP contribution in [0.1, 0.15) is 51.9 Å². The van der Waals surface area contributed by atoms with Gasteiger partial charge in [0.1, 0.15) is 5.82 Å². The van der Waals surface area contributed by atoms with Crippen LogP contribution in [0.5, 0.6) is 0 Å². The Morgan fingerprint density at radius 3 is 2.62 bits per heavy atom. The van der Waals surface area contributed by atoms with Gasteiger partial charge in [0, 0.05) is 43.5 Å². The Morgan fingerprint density at radius 2 is 1.96 bits per heavy atom. The molecule has 142 valence electrons. The molecule has 0 unspecified atom stereocenters. The number of carbonyl (C=O) groups is 1. The molecule has 5 nitrogen and oxygen atoms in total. The Labute approximate surface area is 161 Å². The quantitative estimate of drug-likeness (QED) is 0.685. The summed E-state index contributed by atoms with van der Waals surface area (Å²) in [6, 6.07) is 10.5. The standard InChI is InChI=1S/C20H30N4OS/c1-5-16(4)21-19(25)11-12-24(14-15(2)3)20-22-18(23-26-20)13-17-9-7-6-8-10-17/h6-10,15-16H,5,11-14H2,1-4H3,(H,21,25)/t16-/m0/s1. The van der Waals surface area contributed by atoms with Gasteiger partial charge in [0.15, 0.2) is 0 Å². The third-order valence-corrected chi connectivity index (χ3v) is 4.96. The van der Waals surface area contributed by atoms with E-state index in [4.69, 9.17) is 4.98 Å². The summed E-state index contributed by atoms with van der Waals surface area (Å²) in [7, 11) is 0. The molecule has 2 rings (SSSR count). The Morgan fingerprint density at radius 1 is 1.23 bits per heavy atom. The summed E-state index contributed by atoms with van der Waals surface area (Å²) in [4.78, 5) is 19.0. The molecule has 1 aromatic carbocycles. The highest BCUT2D eigenvalue weighted by atomic mass is 32.1. The summed E-state index contributed by atoms with van der Waals surface area (Å²) in [5, 5.41) is 3.93. The van der Waals surface area contributed by atoms with E-state index < -0.39 is 0 Å². The first kappa shape index (κ1) is 20.4. The van der Waals surface area contributed by atoms with Crippen molar-refractivity contribution in [3.05, 3.63) is 41.7 Å². The van der Waals surface area contributed by atoms with E-state index in [2.05, 4.69) is 47.5 Å². The molecule has 1 amide bonds. The fourth-order valence-corrected chi connectivity index (χ4v) is 3.33. The van der Waals surface area contributed by atoms with Crippen molar-refractivity contribution in [2.45, 2.75) is 53.0 Å². The second kappa shape index (κ2) is 10.3. The van der Waals surface area contributed by atoms with E-state index in [1.54, 1.807) is 0 Å². The summed E-state index contributed by atoms with van der Waals surface area (Å²) >= 11 is 1.42. The molecular weight excluding hydrogens is 344 g/mol. The highest BCUT2D eigenvalue weighted by Gasteiger charge is 2.16. The van der Waals surface area contributed by atoms with Crippen LogP contribution in [0.2, 0.25) is 0 Å². The van der Waals surface area contributed by atoms with Crippen LogP contribution in [0.4, 0.5) is 5.13 Å².